The summed E-state index contributed by atoms with van der Waals surface area (Å²) in [7, 11) is 0. The molecular weight excluding hydrogens is 402 g/mol. The number of hydrogen-bond acceptors (Lipinski definition) is 6. The highest BCUT2D eigenvalue weighted by Gasteiger charge is 2.24. The van der Waals surface area contributed by atoms with Crippen LogP contribution in [0.3, 0.4) is 0 Å². The molecular formula is C25H35N5O2. The number of rotatable bonds is 8. The van der Waals surface area contributed by atoms with Crippen LogP contribution in [0.15, 0.2) is 30.3 Å². The van der Waals surface area contributed by atoms with Crippen molar-refractivity contribution in [1.82, 2.24) is 14.9 Å². The van der Waals surface area contributed by atoms with E-state index in [-0.39, 0.29) is 5.91 Å². The Balaban J connectivity index is 1.32. The lowest BCUT2D eigenvalue weighted by molar-refractivity contribution is 0.0746. The van der Waals surface area contributed by atoms with E-state index in [1.54, 1.807) is 0 Å². The molecule has 0 spiro atoms. The number of aromatic nitrogens is 2. The third-order valence-electron chi connectivity index (χ3n) is 6.25. The van der Waals surface area contributed by atoms with Gasteiger partial charge in [-0.3, -0.25) is 4.79 Å². The fraction of sp³-hybridized carbons (Fsp3) is 0.560. The SMILES string of the molecule is CCCCCOc1ccc(C(=O)N2CCN(c3cc(N4CCCC4)nc(C)n3)CC2)cc1. The molecule has 7 nitrogen and oxygen atoms in total. The second-order valence-electron chi connectivity index (χ2n) is 8.68. The quantitative estimate of drug-likeness (QED) is 0.584. The molecule has 2 aliphatic heterocycles. The molecule has 0 unspecified atom stereocenters. The minimum Gasteiger partial charge on any atom is -0.494 e. The van der Waals surface area contributed by atoms with E-state index in [1.165, 1.54) is 25.7 Å². The molecule has 2 aromatic rings. The molecule has 2 saturated heterocycles. The summed E-state index contributed by atoms with van der Waals surface area (Å²) in [6, 6.07) is 9.66. The monoisotopic (exact) mass is 437 g/mol. The van der Waals surface area contributed by atoms with Crippen LogP contribution in [0.4, 0.5) is 11.6 Å². The van der Waals surface area contributed by atoms with Crippen molar-refractivity contribution in [2.75, 3.05) is 55.7 Å². The zero-order valence-corrected chi connectivity index (χ0v) is 19.4. The predicted molar refractivity (Wildman–Crippen MR) is 128 cm³/mol. The molecule has 3 heterocycles. The topological polar surface area (TPSA) is 61.8 Å². The van der Waals surface area contributed by atoms with Crippen LogP contribution in [0.5, 0.6) is 5.75 Å². The summed E-state index contributed by atoms with van der Waals surface area (Å²) >= 11 is 0. The maximum Gasteiger partial charge on any atom is 0.253 e. The molecule has 2 aliphatic rings. The second-order valence-corrected chi connectivity index (χ2v) is 8.68. The summed E-state index contributed by atoms with van der Waals surface area (Å²) in [4.78, 5) is 28.8. The van der Waals surface area contributed by atoms with E-state index < -0.39 is 0 Å². The van der Waals surface area contributed by atoms with Gasteiger partial charge >= 0.3 is 0 Å². The van der Waals surface area contributed by atoms with Gasteiger partial charge in [0.1, 0.15) is 23.2 Å². The first-order valence-electron chi connectivity index (χ1n) is 12.0. The van der Waals surface area contributed by atoms with Gasteiger partial charge in [-0.2, -0.15) is 0 Å². The normalized spacial score (nSPS) is 16.5. The van der Waals surface area contributed by atoms with Gasteiger partial charge < -0.3 is 19.4 Å². The van der Waals surface area contributed by atoms with E-state index in [2.05, 4.69) is 32.8 Å². The van der Waals surface area contributed by atoms with Gasteiger partial charge in [-0.1, -0.05) is 19.8 Å². The summed E-state index contributed by atoms with van der Waals surface area (Å²) < 4.78 is 5.76. The standard InChI is InChI=1S/C25H35N5O2/c1-3-4-7-18-32-22-10-8-21(9-11-22)25(31)30-16-14-29(15-17-30)24-19-23(26-20(2)27-24)28-12-5-6-13-28/h8-11,19H,3-7,12-18H2,1-2H3. The van der Waals surface area contributed by atoms with Gasteiger partial charge in [0.05, 0.1) is 6.61 Å². The van der Waals surface area contributed by atoms with E-state index in [0.29, 0.717) is 18.7 Å². The summed E-state index contributed by atoms with van der Waals surface area (Å²) in [5.74, 6) is 3.71. The van der Waals surface area contributed by atoms with Crippen molar-refractivity contribution in [3.05, 3.63) is 41.7 Å². The van der Waals surface area contributed by atoms with Crippen LogP contribution in [0.25, 0.3) is 0 Å². The van der Waals surface area contributed by atoms with Gasteiger partial charge in [0.15, 0.2) is 0 Å². The minimum absolute atomic E-state index is 0.0822. The fourth-order valence-corrected chi connectivity index (χ4v) is 4.36. The number of hydrogen-bond donors (Lipinski definition) is 0. The van der Waals surface area contributed by atoms with Crippen LogP contribution in [0.2, 0.25) is 0 Å². The lowest BCUT2D eigenvalue weighted by Crippen LogP contribution is -2.49. The van der Waals surface area contributed by atoms with Gasteiger partial charge in [-0.25, -0.2) is 9.97 Å². The highest BCUT2D eigenvalue weighted by molar-refractivity contribution is 5.94. The van der Waals surface area contributed by atoms with E-state index in [0.717, 1.165) is 62.4 Å². The molecule has 1 amide bonds. The number of ether oxygens (including phenoxy) is 1. The minimum atomic E-state index is 0.0822. The molecule has 7 heteroatoms. The Hall–Kier alpha value is -2.83. The smallest absolute Gasteiger partial charge is 0.253 e. The maximum absolute atomic E-state index is 13.0. The number of amides is 1. The average molecular weight is 438 g/mol. The first-order chi connectivity index (χ1) is 15.6. The highest BCUT2D eigenvalue weighted by Crippen LogP contribution is 2.24. The largest absolute Gasteiger partial charge is 0.494 e. The Kier molecular flexibility index (Phi) is 7.45. The lowest BCUT2D eigenvalue weighted by Gasteiger charge is -2.35. The third kappa shape index (κ3) is 5.50. The average Bonchev–Trinajstić information content (AvgIpc) is 3.37. The number of carbonyl (C=O) groups is 1. The Bertz CT molecular complexity index is 888. The molecule has 0 aliphatic carbocycles. The fourth-order valence-electron chi connectivity index (χ4n) is 4.36. The van der Waals surface area contributed by atoms with Crippen LogP contribution < -0.4 is 14.5 Å². The molecule has 4 rings (SSSR count). The van der Waals surface area contributed by atoms with Crippen molar-refractivity contribution < 1.29 is 9.53 Å². The second kappa shape index (κ2) is 10.7. The molecule has 172 valence electrons. The van der Waals surface area contributed by atoms with Crippen LogP contribution in [0.1, 0.15) is 55.2 Å². The molecule has 32 heavy (non-hydrogen) atoms. The van der Waals surface area contributed by atoms with Crippen LogP contribution >= 0.6 is 0 Å². The van der Waals surface area contributed by atoms with Crippen molar-refractivity contribution in [3.8, 4) is 5.75 Å². The van der Waals surface area contributed by atoms with Crippen molar-refractivity contribution >= 4 is 17.5 Å². The molecule has 0 N–H and O–H groups in total. The van der Waals surface area contributed by atoms with Crippen molar-refractivity contribution in [1.29, 1.82) is 0 Å². The van der Waals surface area contributed by atoms with E-state index >= 15 is 0 Å². The molecule has 0 radical (unpaired) electrons. The van der Waals surface area contributed by atoms with E-state index in [1.807, 2.05) is 36.1 Å². The number of aryl methyl sites for hydroxylation is 1. The van der Waals surface area contributed by atoms with E-state index in [4.69, 9.17) is 4.74 Å². The molecule has 2 fully saturated rings. The summed E-state index contributed by atoms with van der Waals surface area (Å²) in [6.45, 7) is 9.94. The van der Waals surface area contributed by atoms with Crippen LogP contribution in [-0.2, 0) is 0 Å². The van der Waals surface area contributed by atoms with Gasteiger partial charge in [-0.05, 0) is 50.5 Å². The van der Waals surface area contributed by atoms with Crippen LogP contribution in [-0.4, -0.2) is 66.7 Å². The highest BCUT2D eigenvalue weighted by atomic mass is 16.5. The van der Waals surface area contributed by atoms with Crippen molar-refractivity contribution in [2.24, 2.45) is 0 Å². The number of carbonyl (C=O) groups excluding carboxylic acids is 1. The molecule has 1 aromatic heterocycles. The van der Waals surface area contributed by atoms with E-state index in [9.17, 15) is 4.79 Å². The predicted octanol–water partition coefficient (Wildman–Crippen LogP) is 3.92. The molecule has 0 atom stereocenters. The number of nitrogens with zero attached hydrogens (tertiary/aromatic N) is 5. The van der Waals surface area contributed by atoms with Crippen LogP contribution in [0, 0.1) is 6.92 Å². The first kappa shape index (κ1) is 22.4. The Morgan fingerprint density at radius 2 is 1.53 bits per heavy atom. The first-order valence-corrected chi connectivity index (χ1v) is 12.0. The van der Waals surface area contributed by atoms with Gasteiger partial charge in [0, 0.05) is 50.9 Å². The lowest BCUT2D eigenvalue weighted by atomic mass is 10.1. The summed E-state index contributed by atoms with van der Waals surface area (Å²) in [5.41, 5.74) is 0.716. The molecule has 1 aromatic carbocycles. The van der Waals surface area contributed by atoms with Crippen molar-refractivity contribution in [3.63, 3.8) is 0 Å². The zero-order valence-electron chi connectivity index (χ0n) is 19.4. The number of unbranched alkanes of at least 4 members (excludes halogenated alkanes) is 2. The Morgan fingerprint density at radius 3 is 2.16 bits per heavy atom. The van der Waals surface area contributed by atoms with Gasteiger partial charge in [0.2, 0.25) is 0 Å². The van der Waals surface area contributed by atoms with Gasteiger partial charge in [-0.15, -0.1) is 0 Å². The number of piperazine rings is 1. The summed E-state index contributed by atoms with van der Waals surface area (Å²) in [5, 5.41) is 0. The van der Waals surface area contributed by atoms with Crippen molar-refractivity contribution in [2.45, 2.75) is 46.0 Å². The Morgan fingerprint density at radius 1 is 0.906 bits per heavy atom. The summed E-state index contributed by atoms with van der Waals surface area (Å²) in [6.07, 6.45) is 5.88. The Labute approximate surface area is 191 Å². The third-order valence-corrected chi connectivity index (χ3v) is 6.25. The van der Waals surface area contributed by atoms with Gasteiger partial charge in [0.25, 0.3) is 5.91 Å². The zero-order chi connectivity index (χ0) is 22.3. The number of anilines is 2. The maximum atomic E-state index is 13.0. The molecule has 0 saturated carbocycles. The number of benzene rings is 1. The molecule has 0 bridgehead atoms.